The van der Waals surface area contributed by atoms with Crippen molar-refractivity contribution in [1.29, 1.82) is 5.26 Å². The molecule has 0 radical (unpaired) electrons. The number of pyridine rings is 1. The maximum atomic E-state index is 12.8. The third kappa shape index (κ3) is 4.68. The number of aromatic nitrogens is 3. The first-order valence-corrected chi connectivity index (χ1v) is 13.6. The number of nitrogens with one attached hydrogen (secondary N) is 1. The van der Waals surface area contributed by atoms with Gasteiger partial charge in [-0.2, -0.15) is 5.26 Å². The smallest absolute Gasteiger partial charge is 0.259 e. The number of fused-ring (bicyclic) bond motifs is 3. The van der Waals surface area contributed by atoms with E-state index in [-0.39, 0.29) is 11.5 Å². The molecule has 176 valence electrons. The minimum Gasteiger partial charge on any atom is -0.354 e. The molecule has 0 bridgehead atoms. The molecule has 10 heteroatoms. The van der Waals surface area contributed by atoms with E-state index in [1.54, 1.807) is 29.7 Å². The summed E-state index contributed by atoms with van der Waals surface area (Å²) in [6.07, 6.45) is 6.84. The Morgan fingerprint density at radius 3 is 2.97 bits per heavy atom. The van der Waals surface area contributed by atoms with Crippen molar-refractivity contribution in [2.75, 3.05) is 36.8 Å². The molecule has 1 fully saturated rings. The molecule has 2 aliphatic rings. The molecule has 0 aromatic carbocycles. The molecule has 5 rings (SSSR count). The van der Waals surface area contributed by atoms with Crippen LogP contribution in [0.2, 0.25) is 0 Å². The summed E-state index contributed by atoms with van der Waals surface area (Å²) < 4.78 is 0. The summed E-state index contributed by atoms with van der Waals surface area (Å²) in [5.41, 5.74) is 1.70. The predicted molar refractivity (Wildman–Crippen MR) is 135 cm³/mol. The van der Waals surface area contributed by atoms with E-state index in [1.165, 1.54) is 28.6 Å². The van der Waals surface area contributed by atoms with Gasteiger partial charge in [0.1, 0.15) is 22.5 Å². The van der Waals surface area contributed by atoms with Gasteiger partial charge in [-0.25, -0.2) is 9.97 Å². The molecule has 0 saturated carbocycles. The highest BCUT2D eigenvalue weighted by atomic mass is 32.2. The Hall–Kier alpha value is -2.90. The highest BCUT2D eigenvalue weighted by Gasteiger charge is 2.22. The number of amides is 1. The van der Waals surface area contributed by atoms with Gasteiger partial charge in [0.15, 0.2) is 0 Å². The molecule has 0 atom stereocenters. The molecular weight excluding hydrogens is 468 g/mol. The lowest BCUT2D eigenvalue weighted by molar-refractivity contribution is -0.128. The van der Waals surface area contributed by atoms with Crippen molar-refractivity contribution in [3.8, 4) is 6.07 Å². The number of thiophene rings is 1. The van der Waals surface area contributed by atoms with Gasteiger partial charge in [0.2, 0.25) is 5.91 Å². The summed E-state index contributed by atoms with van der Waals surface area (Å²) in [5, 5.41) is 10.1. The van der Waals surface area contributed by atoms with E-state index >= 15 is 0 Å². The molecule has 34 heavy (non-hydrogen) atoms. The molecule has 1 saturated heterocycles. The molecule has 1 aliphatic carbocycles. The van der Waals surface area contributed by atoms with Crippen molar-refractivity contribution in [1.82, 2.24) is 19.9 Å². The largest absolute Gasteiger partial charge is 0.354 e. The SMILES string of the molecule is N#Cc1cccnc1N1CCCN(C(=O)CSCc2nc3sc4c(c3c(=O)[nH]2)CCCC4)CC1. The number of carbonyl (C=O) groups excluding carboxylic acids is 1. The molecule has 0 unspecified atom stereocenters. The number of aromatic amines is 1. The number of thioether (sulfide) groups is 1. The zero-order valence-electron chi connectivity index (χ0n) is 18.9. The van der Waals surface area contributed by atoms with E-state index < -0.39 is 0 Å². The zero-order chi connectivity index (χ0) is 23.5. The first-order valence-electron chi connectivity index (χ1n) is 11.6. The lowest BCUT2D eigenvalue weighted by Crippen LogP contribution is -2.36. The summed E-state index contributed by atoms with van der Waals surface area (Å²) >= 11 is 3.13. The van der Waals surface area contributed by atoms with Crippen LogP contribution in [0.15, 0.2) is 23.1 Å². The topological polar surface area (TPSA) is 106 Å². The minimum absolute atomic E-state index is 0.0507. The Morgan fingerprint density at radius 1 is 1.21 bits per heavy atom. The average Bonchev–Trinajstić information content (AvgIpc) is 3.05. The maximum Gasteiger partial charge on any atom is 0.259 e. The van der Waals surface area contributed by atoms with Crippen molar-refractivity contribution < 1.29 is 4.79 Å². The number of aryl methyl sites for hydroxylation is 2. The lowest BCUT2D eigenvalue weighted by atomic mass is 9.97. The number of H-pyrrole nitrogens is 1. The summed E-state index contributed by atoms with van der Waals surface area (Å²) in [5.74, 6) is 2.25. The molecule has 3 aromatic rings. The van der Waals surface area contributed by atoms with Gasteiger partial charge in [0.25, 0.3) is 5.56 Å². The van der Waals surface area contributed by atoms with Gasteiger partial charge < -0.3 is 14.8 Å². The lowest BCUT2D eigenvalue weighted by Gasteiger charge is -2.23. The summed E-state index contributed by atoms with van der Waals surface area (Å²) in [6, 6.07) is 5.74. The van der Waals surface area contributed by atoms with Crippen molar-refractivity contribution in [2.45, 2.75) is 37.9 Å². The molecule has 1 aliphatic heterocycles. The first kappa shape index (κ1) is 22.9. The minimum atomic E-state index is -0.0507. The third-order valence-electron chi connectivity index (χ3n) is 6.39. The molecule has 1 amide bonds. The fourth-order valence-electron chi connectivity index (χ4n) is 4.72. The standard InChI is InChI=1S/C24H26N6O2S2/c25-13-16-5-3-8-26-22(16)30-10-4-9-29(11-12-30)20(31)15-33-14-19-27-23(32)21-17-6-1-2-7-18(17)34-24(21)28-19/h3,5,8H,1-2,4,6-7,9-12,14-15H2,(H,27,28,32). The molecular formula is C24H26N6O2S2. The molecule has 1 N–H and O–H groups in total. The quantitative estimate of drug-likeness (QED) is 0.581. The predicted octanol–water partition coefficient (Wildman–Crippen LogP) is 3.10. The normalized spacial score (nSPS) is 16.2. The van der Waals surface area contributed by atoms with E-state index in [0.717, 1.165) is 42.4 Å². The summed E-state index contributed by atoms with van der Waals surface area (Å²) in [4.78, 5) is 43.7. The molecule has 3 aromatic heterocycles. The second-order valence-corrected chi connectivity index (χ2v) is 10.7. The molecule has 4 heterocycles. The van der Waals surface area contributed by atoms with E-state index in [0.29, 0.717) is 48.3 Å². The van der Waals surface area contributed by atoms with Crippen molar-refractivity contribution in [3.05, 3.63) is 50.5 Å². The molecule has 8 nitrogen and oxygen atoms in total. The van der Waals surface area contributed by atoms with Gasteiger partial charge in [0, 0.05) is 37.3 Å². The van der Waals surface area contributed by atoms with Crippen LogP contribution in [-0.4, -0.2) is 57.7 Å². The van der Waals surface area contributed by atoms with Crippen molar-refractivity contribution in [3.63, 3.8) is 0 Å². The van der Waals surface area contributed by atoms with Crippen LogP contribution in [0.25, 0.3) is 10.2 Å². The third-order valence-corrected chi connectivity index (χ3v) is 8.51. The highest BCUT2D eigenvalue weighted by Crippen LogP contribution is 2.33. The van der Waals surface area contributed by atoms with Gasteiger partial charge in [-0.05, 0) is 49.8 Å². The van der Waals surface area contributed by atoms with Crippen LogP contribution in [0.5, 0.6) is 0 Å². The second-order valence-electron chi connectivity index (χ2n) is 8.60. The van der Waals surface area contributed by atoms with E-state index in [4.69, 9.17) is 4.98 Å². The zero-order valence-corrected chi connectivity index (χ0v) is 20.5. The Kier molecular flexibility index (Phi) is 6.83. The first-order chi connectivity index (χ1) is 16.6. The van der Waals surface area contributed by atoms with Crippen LogP contribution in [0.3, 0.4) is 0 Å². The van der Waals surface area contributed by atoms with Gasteiger partial charge in [-0.15, -0.1) is 23.1 Å². The van der Waals surface area contributed by atoms with E-state index in [1.807, 2.05) is 4.90 Å². The summed E-state index contributed by atoms with van der Waals surface area (Å²) in [7, 11) is 0. The second kappa shape index (κ2) is 10.2. The fourth-order valence-corrected chi connectivity index (χ4v) is 6.79. The number of rotatable bonds is 5. The average molecular weight is 495 g/mol. The van der Waals surface area contributed by atoms with Crippen LogP contribution in [0, 0.1) is 11.3 Å². The van der Waals surface area contributed by atoms with Crippen LogP contribution < -0.4 is 10.5 Å². The van der Waals surface area contributed by atoms with Crippen molar-refractivity contribution >= 4 is 45.0 Å². The number of anilines is 1. The van der Waals surface area contributed by atoms with Crippen LogP contribution in [0.4, 0.5) is 5.82 Å². The van der Waals surface area contributed by atoms with E-state index in [2.05, 4.69) is 20.9 Å². The number of hydrogen-bond acceptors (Lipinski definition) is 8. The number of carbonyl (C=O) groups is 1. The van der Waals surface area contributed by atoms with Gasteiger partial charge >= 0.3 is 0 Å². The Bertz CT molecular complexity index is 1310. The van der Waals surface area contributed by atoms with Crippen LogP contribution >= 0.6 is 23.1 Å². The van der Waals surface area contributed by atoms with Gasteiger partial charge in [-0.1, -0.05) is 0 Å². The Labute approximate surface area is 206 Å². The number of hydrogen-bond donors (Lipinski definition) is 1. The Morgan fingerprint density at radius 2 is 2.09 bits per heavy atom. The maximum absolute atomic E-state index is 12.8. The number of nitrogens with zero attached hydrogens (tertiary/aromatic N) is 5. The Balaban J connectivity index is 1.18. The van der Waals surface area contributed by atoms with Crippen LogP contribution in [0.1, 0.15) is 41.1 Å². The highest BCUT2D eigenvalue weighted by molar-refractivity contribution is 7.99. The number of nitriles is 1. The van der Waals surface area contributed by atoms with Crippen molar-refractivity contribution in [2.24, 2.45) is 0 Å². The van der Waals surface area contributed by atoms with Gasteiger partial charge in [-0.3, -0.25) is 9.59 Å². The van der Waals surface area contributed by atoms with E-state index in [9.17, 15) is 14.9 Å². The van der Waals surface area contributed by atoms with Gasteiger partial charge in [0.05, 0.1) is 22.5 Å². The van der Waals surface area contributed by atoms with Crippen LogP contribution in [-0.2, 0) is 23.4 Å². The molecule has 0 spiro atoms. The summed E-state index contributed by atoms with van der Waals surface area (Å²) in [6.45, 7) is 2.70. The monoisotopic (exact) mass is 494 g/mol. The fraction of sp³-hybridized carbons (Fsp3) is 0.458.